The highest BCUT2D eigenvalue weighted by Gasteiger charge is 2.40. The average molecular weight is 537 g/mol. The number of hydrogen-bond acceptors (Lipinski definition) is 5. The standard InChI is InChI=1S/C29H36N4O2S2/c1-19-10-13-31(14-11-19)23(34)16-32-24(35)18-37-26(21-12-15-36-17-21)25-27(29(3,4)5)30-33(28(25)32)22-9-7-6-8-20(22)2/h6-9,12,15,17,19,26H,10-11,13-14,16,18H2,1-5H3/t26-/m0/s1. The molecule has 3 aromatic rings. The van der Waals surface area contributed by atoms with Gasteiger partial charge in [-0.15, -0.1) is 11.8 Å². The molecule has 1 atom stereocenters. The molecule has 0 N–H and O–H groups in total. The fourth-order valence-corrected chi connectivity index (χ4v) is 7.18. The van der Waals surface area contributed by atoms with Crippen LogP contribution in [0.1, 0.15) is 68.2 Å². The number of nitrogens with zero attached hydrogens (tertiary/aromatic N) is 4. The summed E-state index contributed by atoms with van der Waals surface area (Å²) in [4.78, 5) is 31.0. The number of thioether (sulfide) groups is 1. The van der Waals surface area contributed by atoms with E-state index in [1.807, 2.05) is 27.8 Å². The number of rotatable bonds is 4. The minimum absolute atomic E-state index is 0.0139. The van der Waals surface area contributed by atoms with Crippen molar-refractivity contribution < 1.29 is 9.59 Å². The zero-order chi connectivity index (χ0) is 26.3. The summed E-state index contributed by atoms with van der Waals surface area (Å²) >= 11 is 3.30. The molecular formula is C29H36N4O2S2. The van der Waals surface area contributed by atoms with E-state index in [0.717, 1.165) is 54.3 Å². The summed E-state index contributed by atoms with van der Waals surface area (Å²) in [6.45, 7) is 12.4. The summed E-state index contributed by atoms with van der Waals surface area (Å²) in [6, 6.07) is 10.3. The van der Waals surface area contributed by atoms with Crippen LogP contribution in [0.15, 0.2) is 41.1 Å². The maximum Gasteiger partial charge on any atom is 0.242 e. The lowest BCUT2D eigenvalue weighted by Gasteiger charge is -2.32. The molecule has 0 unspecified atom stereocenters. The summed E-state index contributed by atoms with van der Waals surface area (Å²) in [7, 11) is 0. The number of fused-ring (bicyclic) bond motifs is 1. The van der Waals surface area contributed by atoms with Crippen LogP contribution < -0.4 is 4.90 Å². The van der Waals surface area contributed by atoms with Crippen molar-refractivity contribution in [2.45, 2.75) is 58.1 Å². The van der Waals surface area contributed by atoms with Crippen LogP contribution in [0.4, 0.5) is 5.82 Å². The molecule has 2 amide bonds. The first-order chi connectivity index (χ1) is 17.6. The molecule has 1 aromatic carbocycles. The Morgan fingerprint density at radius 1 is 1.14 bits per heavy atom. The summed E-state index contributed by atoms with van der Waals surface area (Å²) < 4.78 is 1.93. The molecular weight excluding hydrogens is 500 g/mol. The van der Waals surface area contributed by atoms with Crippen molar-refractivity contribution >= 4 is 40.7 Å². The van der Waals surface area contributed by atoms with Gasteiger partial charge >= 0.3 is 0 Å². The number of amides is 2. The number of thiophene rings is 1. The van der Waals surface area contributed by atoms with Crippen molar-refractivity contribution in [2.75, 3.05) is 30.3 Å². The van der Waals surface area contributed by atoms with Crippen LogP contribution in [0.25, 0.3) is 5.69 Å². The van der Waals surface area contributed by atoms with Gasteiger partial charge in [-0.2, -0.15) is 16.4 Å². The van der Waals surface area contributed by atoms with Crippen molar-refractivity contribution in [3.05, 3.63) is 63.5 Å². The average Bonchev–Trinajstić information content (AvgIpc) is 3.50. The summed E-state index contributed by atoms with van der Waals surface area (Å²) in [5.74, 6) is 1.66. The van der Waals surface area contributed by atoms with Crippen LogP contribution in [0, 0.1) is 12.8 Å². The van der Waals surface area contributed by atoms with Crippen molar-refractivity contribution in [2.24, 2.45) is 5.92 Å². The van der Waals surface area contributed by atoms with Crippen molar-refractivity contribution in [3.8, 4) is 5.69 Å². The van der Waals surface area contributed by atoms with Gasteiger partial charge in [0.25, 0.3) is 0 Å². The first-order valence-electron chi connectivity index (χ1n) is 13.1. The van der Waals surface area contributed by atoms with E-state index in [9.17, 15) is 9.59 Å². The molecule has 37 heavy (non-hydrogen) atoms. The highest BCUT2D eigenvalue weighted by atomic mass is 32.2. The zero-order valence-corrected chi connectivity index (χ0v) is 24.0. The molecule has 5 rings (SSSR count). The van der Waals surface area contributed by atoms with E-state index in [2.05, 4.69) is 57.5 Å². The summed E-state index contributed by atoms with van der Waals surface area (Å²) in [5.41, 5.74) is 4.94. The normalized spacial score (nSPS) is 19.2. The molecule has 0 spiro atoms. The molecule has 0 radical (unpaired) electrons. The Morgan fingerprint density at radius 2 is 1.86 bits per heavy atom. The number of carbonyl (C=O) groups excluding carboxylic acids is 2. The number of aryl methyl sites for hydroxylation is 1. The number of aromatic nitrogens is 2. The third kappa shape index (κ3) is 5.10. The molecule has 0 bridgehead atoms. The highest BCUT2D eigenvalue weighted by Crippen LogP contribution is 2.49. The molecule has 2 aromatic heterocycles. The van der Waals surface area contributed by atoms with Crippen LogP contribution in [0.5, 0.6) is 0 Å². The monoisotopic (exact) mass is 536 g/mol. The van der Waals surface area contributed by atoms with Crippen LogP contribution in [-0.4, -0.2) is 51.9 Å². The first kappa shape index (κ1) is 26.0. The maximum atomic E-state index is 13.8. The molecule has 0 aliphatic carbocycles. The van der Waals surface area contributed by atoms with E-state index in [4.69, 9.17) is 5.10 Å². The van der Waals surface area contributed by atoms with Crippen molar-refractivity contribution in [3.63, 3.8) is 0 Å². The number of benzene rings is 1. The minimum atomic E-state index is -0.251. The molecule has 6 nitrogen and oxygen atoms in total. The number of likely N-dealkylation sites (tertiary alicyclic amines) is 1. The fraction of sp³-hybridized carbons (Fsp3) is 0.483. The van der Waals surface area contributed by atoms with E-state index in [1.54, 1.807) is 28.0 Å². The Labute approximate surface area is 228 Å². The second kappa shape index (κ2) is 10.3. The van der Waals surface area contributed by atoms with Gasteiger partial charge in [0.2, 0.25) is 11.8 Å². The Kier molecular flexibility index (Phi) is 7.24. The third-order valence-electron chi connectivity index (χ3n) is 7.42. The van der Waals surface area contributed by atoms with Gasteiger partial charge in [0.1, 0.15) is 12.4 Å². The number of para-hydroxylation sites is 1. The van der Waals surface area contributed by atoms with Gasteiger partial charge in [-0.25, -0.2) is 4.68 Å². The Bertz CT molecular complexity index is 1280. The molecule has 2 aliphatic heterocycles. The molecule has 4 heterocycles. The Balaban J connectivity index is 1.70. The lowest BCUT2D eigenvalue weighted by atomic mass is 9.87. The number of piperidine rings is 1. The van der Waals surface area contributed by atoms with Crippen LogP contribution in [0.3, 0.4) is 0 Å². The van der Waals surface area contributed by atoms with Gasteiger partial charge < -0.3 is 4.90 Å². The molecule has 0 saturated carbocycles. The van der Waals surface area contributed by atoms with Gasteiger partial charge in [-0.05, 0) is 59.7 Å². The topological polar surface area (TPSA) is 58.4 Å². The van der Waals surface area contributed by atoms with E-state index in [0.29, 0.717) is 11.7 Å². The number of hydrogen-bond donors (Lipinski definition) is 0. The third-order valence-corrected chi connectivity index (χ3v) is 9.38. The van der Waals surface area contributed by atoms with E-state index >= 15 is 0 Å². The van der Waals surface area contributed by atoms with Crippen molar-refractivity contribution in [1.29, 1.82) is 0 Å². The maximum absolute atomic E-state index is 13.8. The van der Waals surface area contributed by atoms with Gasteiger partial charge in [0.15, 0.2) is 0 Å². The molecule has 2 aliphatic rings. The Morgan fingerprint density at radius 3 is 2.51 bits per heavy atom. The first-order valence-corrected chi connectivity index (χ1v) is 15.1. The lowest BCUT2D eigenvalue weighted by Crippen LogP contribution is -2.46. The number of anilines is 1. The number of carbonyl (C=O) groups is 2. The zero-order valence-electron chi connectivity index (χ0n) is 22.4. The van der Waals surface area contributed by atoms with Crippen LogP contribution in [-0.2, 0) is 15.0 Å². The molecule has 1 saturated heterocycles. The van der Waals surface area contributed by atoms with E-state index in [-0.39, 0.29) is 29.0 Å². The quantitative estimate of drug-likeness (QED) is 0.412. The predicted octanol–water partition coefficient (Wildman–Crippen LogP) is 5.97. The fourth-order valence-electron chi connectivity index (χ4n) is 5.22. The second-order valence-corrected chi connectivity index (χ2v) is 13.2. The lowest BCUT2D eigenvalue weighted by molar-refractivity contribution is -0.132. The Hall–Kier alpha value is -2.58. The van der Waals surface area contributed by atoms with Crippen LogP contribution >= 0.6 is 23.1 Å². The highest BCUT2D eigenvalue weighted by molar-refractivity contribution is 8.00. The summed E-state index contributed by atoms with van der Waals surface area (Å²) in [5, 5.41) is 9.42. The van der Waals surface area contributed by atoms with E-state index in [1.165, 1.54) is 5.56 Å². The van der Waals surface area contributed by atoms with Gasteiger partial charge in [-0.3, -0.25) is 14.5 Å². The summed E-state index contributed by atoms with van der Waals surface area (Å²) in [6.07, 6.45) is 2.02. The SMILES string of the molecule is Cc1ccccc1-n1nc(C(C)(C)C)c2c1N(CC(=O)N1CCC(C)CC1)C(=O)CS[C@H]2c1ccsc1. The van der Waals surface area contributed by atoms with E-state index < -0.39 is 0 Å². The largest absolute Gasteiger partial charge is 0.341 e. The second-order valence-electron chi connectivity index (χ2n) is 11.3. The molecule has 196 valence electrons. The molecule has 8 heteroatoms. The minimum Gasteiger partial charge on any atom is -0.341 e. The van der Waals surface area contributed by atoms with Crippen LogP contribution in [0.2, 0.25) is 0 Å². The smallest absolute Gasteiger partial charge is 0.242 e. The van der Waals surface area contributed by atoms with Gasteiger partial charge in [0, 0.05) is 24.1 Å². The van der Waals surface area contributed by atoms with Crippen molar-refractivity contribution in [1.82, 2.24) is 14.7 Å². The van der Waals surface area contributed by atoms with Gasteiger partial charge in [-0.1, -0.05) is 45.9 Å². The van der Waals surface area contributed by atoms with Gasteiger partial charge in [0.05, 0.1) is 22.4 Å². The predicted molar refractivity (Wildman–Crippen MR) is 153 cm³/mol. The molecule has 1 fully saturated rings.